The summed E-state index contributed by atoms with van der Waals surface area (Å²) in [5.41, 5.74) is 0. The van der Waals surface area contributed by atoms with Crippen molar-refractivity contribution in [3.63, 3.8) is 0 Å². The quantitative estimate of drug-likeness (QED) is 0.819. The van der Waals surface area contributed by atoms with Crippen molar-refractivity contribution in [3.8, 4) is 5.75 Å². The van der Waals surface area contributed by atoms with Crippen LogP contribution in [0.4, 0.5) is 5.82 Å². The molecule has 1 saturated heterocycles. The summed E-state index contributed by atoms with van der Waals surface area (Å²) in [5.74, 6) is 2.01. The van der Waals surface area contributed by atoms with E-state index in [1.807, 2.05) is 17.9 Å². The molecule has 6 heteroatoms. The van der Waals surface area contributed by atoms with Crippen LogP contribution in [0.2, 0.25) is 0 Å². The van der Waals surface area contributed by atoms with Crippen molar-refractivity contribution in [3.05, 3.63) is 16.7 Å². The molecular weight excluding hydrogens is 334 g/mol. The minimum absolute atomic E-state index is 0.270. The lowest BCUT2D eigenvalue weighted by molar-refractivity contribution is -0.132. The molecule has 5 nitrogen and oxygen atoms in total. The highest BCUT2D eigenvalue weighted by Gasteiger charge is 2.33. The van der Waals surface area contributed by atoms with E-state index in [-0.39, 0.29) is 5.91 Å². The SMILES string of the molecule is CCCC(=O)N1CCN2c3ncc(Br)cc3OCC[C@@H]2C1. The van der Waals surface area contributed by atoms with E-state index in [1.54, 1.807) is 6.20 Å². The first-order chi connectivity index (χ1) is 10.2. The second-order valence-corrected chi connectivity index (χ2v) is 6.47. The molecule has 1 amide bonds. The van der Waals surface area contributed by atoms with Crippen LogP contribution < -0.4 is 9.64 Å². The fourth-order valence-electron chi connectivity index (χ4n) is 3.02. The Labute approximate surface area is 133 Å². The number of ether oxygens (including phenoxy) is 1. The Hall–Kier alpha value is -1.30. The summed E-state index contributed by atoms with van der Waals surface area (Å²) >= 11 is 3.44. The molecule has 0 N–H and O–H groups in total. The zero-order valence-electron chi connectivity index (χ0n) is 12.2. The number of pyridine rings is 1. The summed E-state index contributed by atoms with van der Waals surface area (Å²) in [4.78, 5) is 20.9. The molecule has 1 aromatic rings. The van der Waals surface area contributed by atoms with Gasteiger partial charge in [-0.05, 0) is 28.4 Å². The average molecular weight is 354 g/mol. The molecule has 1 fully saturated rings. The van der Waals surface area contributed by atoms with Crippen LogP contribution in [-0.2, 0) is 4.79 Å². The Morgan fingerprint density at radius 3 is 3.19 bits per heavy atom. The van der Waals surface area contributed by atoms with Gasteiger partial charge in [-0.25, -0.2) is 4.98 Å². The highest BCUT2D eigenvalue weighted by atomic mass is 79.9. The van der Waals surface area contributed by atoms with Crippen molar-refractivity contribution in [2.24, 2.45) is 0 Å². The van der Waals surface area contributed by atoms with Gasteiger partial charge >= 0.3 is 0 Å². The predicted octanol–water partition coefficient (Wildman–Crippen LogP) is 2.44. The molecule has 3 heterocycles. The van der Waals surface area contributed by atoms with Crippen molar-refractivity contribution in [1.29, 1.82) is 0 Å². The van der Waals surface area contributed by atoms with Gasteiger partial charge in [-0.1, -0.05) is 6.92 Å². The lowest BCUT2D eigenvalue weighted by atomic mass is 10.1. The van der Waals surface area contributed by atoms with Gasteiger partial charge < -0.3 is 14.5 Å². The largest absolute Gasteiger partial charge is 0.490 e. The highest BCUT2D eigenvalue weighted by molar-refractivity contribution is 9.10. The summed E-state index contributed by atoms with van der Waals surface area (Å²) in [5, 5.41) is 0. The van der Waals surface area contributed by atoms with Crippen molar-refractivity contribution >= 4 is 27.7 Å². The Balaban J connectivity index is 1.79. The molecule has 2 aliphatic heterocycles. The van der Waals surface area contributed by atoms with E-state index in [9.17, 15) is 4.79 Å². The molecule has 0 radical (unpaired) electrons. The highest BCUT2D eigenvalue weighted by Crippen LogP contribution is 2.34. The second-order valence-electron chi connectivity index (χ2n) is 5.55. The van der Waals surface area contributed by atoms with Crippen molar-refractivity contribution in [2.45, 2.75) is 32.2 Å². The maximum absolute atomic E-state index is 12.1. The number of amides is 1. The van der Waals surface area contributed by atoms with E-state index >= 15 is 0 Å². The Bertz CT molecular complexity index is 538. The number of carbonyl (C=O) groups excluding carboxylic acids is 1. The molecule has 0 saturated carbocycles. The van der Waals surface area contributed by atoms with Gasteiger partial charge in [-0.2, -0.15) is 0 Å². The fraction of sp³-hybridized carbons (Fsp3) is 0.600. The molecule has 0 bridgehead atoms. The normalized spacial score (nSPS) is 21.1. The molecule has 2 aliphatic rings. The fourth-order valence-corrected chi connectivity index (χ4v) is 3.33. The van der Waals surface area contributed by atoms with Crippen LogP contribution in [0, 0.1) is 0 Å². The summed E-state index contributed by atoms with van der Waals surface area (Å²) in [6, 6.07) is 2.27. The van der Waals surface area contributed by atoms with E-state index < -0.39 is 0 Å². The van der Waals surface area contributed by atoms with Crippen LogP contribution in [0.1, 0.15) is 26.2 Å². The van der Waals surface area contributed by atoms with Gasteiger partial charge in [-0.3, -0.25) is 4.79 Å². The van der Waals surface area contributed by atoms with Gasteiger partial charge in [-0.15, -0.1) is 0 Å². The standard InChI is InChI=1S/C15H20BrN3O2/c1-2-3-14(20)18-5-6-19-12(10-18)4-7-21-13-8-11(16)9-17-15(13)19/h8-9,12H,2-7,10H2,1H3/t12-/m1/s1. The van der Waals surface area contributed by atoms with Gasteiger partial charge in [0.25, 0.3) is 0 Å². The second kappa shape index (κ2) is 6.22. The number of carbonyl (C=O) groups is 1. The molecule has 21 heavy (non-hydrogen) atoms. The summed E-state index contributed by atoms with van der Waals surface area (Å²) in [7, 11) is 0. The van der Waals surface area contributed by atoms with E-state index in [4.69, 9.17) is 4.74 Å². The number of piperazine rings is 1. The zero-order valence-corrected chi connectivity index (χ0v) is 13.8. The van der Waals surface area contributed by atoms with Gasteiger partial charge in [0.15, 0.2) is 11.6 Å². The number of halogens is 1. The number of nitrogens with zero attached hydrogens (tertiary/aromatic N) is 3. The third-order valence-electron chi connectivity index (χ3n) is 4.08. The number of anilines is 1. The number of hydrogen-bond acceptors (Lipinski definition) is 4. The predicted molar refractivity (Wildman–Crippen MR) is 84.7 cm³/mol. The lowest BCUT2D eigenvalue weighted by Crippen LogP contribution is -2.55. The molecule has 0 aromatic carbocycles. The number of aromatic nitrogens is 1. The zero-order chi connectivity index (χ0) is 14.8. The van der Waals surface area contributed by atoms with Gasteiger partial charge in [0.1, 0.15) is 0 Å². The molecule has 0 unspecified atom stereocenters. The topological polar surface area (TPSA) is 45.7 Å². The Morgan fingerprint density at radius 1 is 1.52 bits per heavy atom. The molecule has 0 spiro atoms. The van der Waals surface area contributed by atoms with Crippen LogP contribution in [-0.4, -0.2) is 48.1 Å². The van der Waals surface area contributed by atoms with Crippen molar-refractivity contribution < 1.29 is 9.53 Å². The van der Waals surface area contributed by atoms with E-state index in [0.29, 0.717) is 19.1 Å². The number of rotatable bonds is 2. The summed E-state index contributed by atoms with van der Waals surface area (Å²) in [6.45, 7) is 5.09. The number of hydrogen-bond donors (Lipinski definition) is 0. The average Bonchev–Trinajstić information content (AvgIpc) is 2.65. The summed E-state index contributed by atoms with van der Waals surface area (Å²) < 4.78 is 6.75. The first-order valence-electron chi connectivity index (χ1n) is 7.51. The van der Waals surface area contributed by atoms with Crippen molar-refractivity contribution in [2.75, 3.05) is 31.1 Å². The molecule has 1 aromatic heterocycles. The molecular formula is C15H20BrN3O2. The van der Waals surface area contributed by atoms with Crippen LogP contribution >= 0.6 is 15.9 Å². The monoisotopic (exact) mass is 353 g/mol. The Morgan fingerprint density at radius 2 is 2.38 bits per heavy atom. The third-order valence-corrected chi connectivity index (χ3v) is 4.51. The molecule has 1 atom stereocenters. The lowest BCUT2D eigenvalue weighted by Gasteiger charge is -2.41. The van der Waals surface area contributed by atoms with E-state index in [0.717, 1.165) is 48.5 Å². The first-order valence-corrected chi connectivity index (χ1v) is 8.31. The van der Waals surface area contributed by atoms with Crippen LogP contribution in [0.25, 0.3) is 0 Å². The maximum atomic E-state index is 12.1. The summed E-state index contributed by atoms with van der Waals surface area (Å²) in [6.07, 6.45) is 4.28. The van der Waals surface area contributed by atoms with E-state index in [2.05, 4.69) is 25.8 Å². The maximum Gasteiger partial charge on any atom is 0.222 e. The van der Waals surface area contributed by atoms with Crippen LogP contribution in [0.3, 0.4) is 0 Å². The molecule has 0 aliphatic carbocycles. The van der Waals surface area contributed by atoms with Gasteiger partial charge in [0.05, 0.1) is 12.6 Å². The van der Waals surface area contributed by atoms with Gasteiger partial charge in [0.2, 0.25) is 5.91 Å². The van der Waals surface area contributed by atoms with E-state index in [1.165, 1.54) is 0 Å². The van der Waals surface area contributed by atoms with Crippen LogP contribution in [0.15, 0.2) is 16.7 Å². The smallest absolute Gasteiger partial charge is 0.222 e. The Kier molecular flexibility index (Phi) is 4.33. The minimum atomic E-state index is 0.270. The molecule has 114 valence electrons. The van der Waals surface area contributed by atoms with Gasteiger partial charge in [0, 0.05) is 43.1 Å². The molecule has 3 rings (SSSR count). The third kappa shape index (κ3) is 3.00. The van der Waals surface area contributed by atoms with Crippen molar-refractivity contribution in [1.82, 2.24) is 9.88 Å². The van der Waals surface area contributed by atoms with Crippen LogP contribution in [0.5, 0.6) is 5.75 Å². The minimum Gasteiger partial charge on any atom is -0.490 e. The first kappa shape index (κ1) is 14.6. The number of fused-ring (bicyclic) bond motifs is 3.